The number of benzene rings is 1. The molecule has 0 fully saturated rings. The van der Waals surface area contributed by atoms with E-state index in [1.165, 1.54) is 23.3 Å². The second kappa shape index (κ2) is 5.26. The summed E-state index contributed by atoms with van der Waals surface area (Å²) in [7, 11) is 0. The summed E-state index contributed by atoms with van der Waals surface area (Å²) in [5.41, 5.74) is 3.11. The summed E-state index contributed by atoms with van der Waals surface area (Å²) < 4.78 is 1.84. The summed E-state index contributed by atoms with van der Waals surface area (Å²) >= 11 is 1.81. The van der Waals surface area contributed by atoms with Crippen molar-refractivity contribution in [1.82, 2.24) is 19.6 Å². The van der Waals surface area contributed by atoms with E-state index in [4.69, 9.17) is 9.97 Å². The van der Waals surface area contributed by atoms with Crippen LogP contribution in [0.25, 0.3) is 27.3 Å². The van der Waals surface area contributed by atoms with Crippen LogP contribution in [0.2, 0.25) is 0 Å². The van der Waals surface area contributed by atoms with Gasteiger partial charge in [0, 0.05) is 10.4 Å². The van der Waals surface area contributed by atoms with Gasteiger partial charge in [0.05, 0.1) is 5.39 Å². The monoisotopic (exact) mass is 350 g/mol. The number of hydrogen-bond donors (Lipinski definition) is 1. The topological polar surface area (TPSA) is 63.3 Å². The summed E-state index contributed by atoms with van der Waals surface area (Å²) in [4.78, 5) is 12.2. The number of aryl methyl sites for hydroxylation is 2. The van der Waals surface area contributed by atoms with Gasteiger partial charge in [-0.15, -0.1) is 16.4 Å². The van der Waals surface area contributed by atoms with Gasteiger partial charge >= 0.3 is 0 Å². The molecule has 1 unspecified atom stereocenters. The Labute approximate surface area is 149 Å². The Balaban J connectivity index is 1.84. The fourth-order valence-electron chi connectivity index (χ4n) is 3.85. The Hall–Kier alpha value is -2.47. The minimum atomic E-state index is 0.220. The molecule has 5 nitrogen and oxygen atoms in total. The van der Waals surface area contributed by atoms with Gasteiger partial charge < -0.3 is 5.11 Å². The molecule has 0 aliphatic heterocycles. The molecule has 3 heterocycles. The van der Waals surface area contributed by atoms with E-state index in [1.807, 2.05) is 34.9 Å². The maximum Gasteiger partial charge on any atom is 0.182 e. The highest BCUT2D eigenvalue weighted by molar-refractivity contribution is 7.19. The van der Waals surface area contributed by atoms with E-state index in [0.717, 1.165) is 33.7 Å². The van der Waals surface area contributed by atoms with Crippen molar-refractivity contribution < 1.29 is 5.11 Å². The maximum atomic E-state index is 9.76. The molecule has 126 valence electrons. The van der Waals surface area contributed by atoms with E-state index >= 15 is 0 Å². The first-order valence-electron chi connectivity index (χ1n) is 8.60. The van der Waals surface area contributed by atoms with Crippen molar-refractivity contribution in [2.45, 2.75) is 39.0 Å². The number of fused-ring (bicyclic) bond motifs is 5. The largest absolute Gasteiger partial charge is 0.508 e. The van der Waals surface area contributed by atoms with Crippen LogP contribution in [0.15, 0.2) is 24.3 Å². The molecule has 1 aromatic carbocycles. The molecule has 4 aromatic rings. The van der Waals surface area contributed by atoms with E-state index in [0.29, 0.717) is 11.7 Å². The van der Waals surface area contributed by atoms with Gasteiger partial charge in [-0.25, -0.2) is 9.97 Å². The molecule has 0 saturated heterocycles. The summed E-state index contributed by atoms with van der Waals surface area (Å²) in [6, 6.07) is 7.08. The second-order valence-electron chi connectivity index (χ2n) is 6.79. The molecular formula is C19H18N4OS. The van der Waals surface area contributed by atoms with Gasteiger partial charge in [0.25, 0.3) is 0 Å². The molecule has 1 aliphatic carbocycles. The van der Waals surface area contributed by atoms with Crippen molar-refractivity contribution in [3.63, 3.8) is 0 Å². The first-order chi connectivity index (χ1) is 12.1. The van der Waals surface area contributed by atoms with Crippen LogP contribution in [0.4, 0.5) is 0 Å². The van der Waals surface area contributed by atoms with Crippen molar-refractivity contribution >= 4 is 27.2 Å². The Bertz CT molecular complexity index is 1130. The molecule has 5 rings (SSSR count). The Kier molecular flexibility index (Phi) is 3.12. The van der Waals surface area contributed by atoms with Crippen LogP contribution >= 0.6 is 11.3 Å². The van der Waals surface area contributed by atoms with Crippen LogP contribution in [-0.2, 0) is 6.42 Å². The van der Waals surface area contributed by atoms with Gasteiger partial charge in [-0.1, -0.05) is 19.1 Å². The number of phenols is 1. The maximum absolute atomic E-state index is 9.76. The molecule has 0 amide bonds. The molecule has 1 N–H and O–H groups in total. The number of aromatic nitrogens is 4. The van der Waals surface area contributed by atoms with Crippen molar-refractivity contribution in [1.29, 1.82) is 0 Å². The molecule has 0 saturated carbocycles. The normalized spacial score (nSPS) is 17.3. The Morgan fingerprint density at radius 1 is 1.28 bits per heavy atom. The van der Waals surface area contributed by atoms with Crippen molar-refractivity contribution in [3.05, 3.63) is 40.5 Å². The highest BCUT2D eigenvalue weighted by Gasteiger charge is 2.26. The Morgan fingerprint density at radius 3 is 3.00 bits per heavy atom. The molecular weight excluding hydrogens is 332 g/mol. The highest BCUT2D eigenvalue weighted by atomic mass is 32.1. The van der Waals surface area contributed by atoms with Crippen LogP contribution in [0, 0.1) is 6.92 Å². The van der Waals surface area contributed by atoms with E-state index in [-0.39, 0.29) is 5.75 Å². The van der Waals surface area contributed by atoms with Gasteiger partial charge in [0.15, 0.2) is 11.5 Å². The highest BCUT2D eigenvalue weighted by Crippen LogP contribution is 2.43. The van der Waals surface area contributed by atoms with Gasteiger partial charge in [-0.2, -0.15) is 4.52 Å². The lowest BCUT2D eigenvalue weighted by atomic mass is 9.87. The lowest BCUT2D eigenvalue weighted by molar-refractivity contribution is 0.475. The number of phenolic OH excluding ortho intramolecular Hbond substituents is 1. The van der Waals surface area contributed by atoms with Crippen LogP contribution in [0.1, 0.15) is 41.9 Å². The van der Waals surface area contributed by atoms with E-state index in [9.17, 15) is 5.11 Å². The lowest BCUT2D eigenvalue weighted by Crippen LogP contribution is -2.05. The van der Waals surface area contributed by atoms with Gasteiger partial charge in [0.2, 0.25) is 0 Å². The average molecular weight is 350 g/mol. The zero-order valence-electron chi connectivity index (χ0n) is 14.2. The van der Waals surface area contributed by atoms with Crippen molar-refractivity contribution in [3.8, 4) is 17.1 Å². The Morgan fingerprint density at radius 2 is 2.16 bits per heavy atom. The number of thiophene rings is 1. The first kappa shape index (κ1) is 14.8. The van der Waals surface area contributed by atoms with Crippen LogP contribution in [0.3, 0.4) is 0 Å². The molecule has 0 spiro atoms. The number of nitrogens with zero attached hydrogens (tertiary/aromatic N) is 4. The SMILES string of the molecule is Cc1nc2sc3c(c2c2nc(-c4cccc(O)c4)nn12)C(C)CCC3. The third kappa shape index (κ3) is 2.17. The molecule has 0 bridgehead atoms. The molecule has 3 aromatic heterocycles. The molecule has 1 atom stereocenters. The second-order valence-corrected chi connectivity index (χ2v) is 7.88. The summed E-state index contributed by atoms with van der Waals surface area (Å²) in [6.45, 7) is 4.27. The zero-order valence-corrected chi connectivity index (χ0v) is 15.0. The lowest BCUT2D eigenvalue weighted by Gasteiger charge is -2.18. The summed E-state index contributed by atoms with van der Waals surface area (Å²) in [5, 5.41) is 15.6. The van der Waals surface area contributed by atoms with E-state index in [2.05, 4.69) is 12.0 Å². The molecule has 25 heavy (non-hydrogen) atoms. The zero-order chi connectivity index (χ0) is 17.1. The fraction of sp³-hybridized carbons (Fsp3) is 0.316. The van der Waals surface area contributed by atoms with Crippen molar-refractivity contribution in [2.75, 3.05) is 0 Å². The quantitative estimate of drug-likeness (QED) is 0.550. The molecule has 1 aliphatic rings. The van der Waals surface area contributed by atoms with Crippen LogP contribution in [-0.4, -0.2) is 24.7 Å². The predicted octanol–water partition coefficient (Wildman–Crippen LogP) is 4.46. The standard InChI is InChI=1S/C19H18N4OS/c1-10-5-3-8-14-15(10)16-18-21-17(12-6-4-7-13(24)9-12)22-23(18)11(2)20-19(16)25-14/h4,6-7,9-10,24H,3,5,8H2,1-2H3. The summed E-state index contributed by atoms with van der Waals surface area (Å²) in [5.74, 6) is 2.22. The van der Waals surface area contributed by atoms with Gasteiger partial charge in [-0.05, 0) is 49.8 Å². The predicted molar refractivity (Wildman–Crippen MR) is 99.4 cm³/mol. The third-order valence-corrected chi connectivity index (χ3v) is 6.20. The summed E-state index contributed by atoms with van der Waals surface area (Å²) in [6.07, 6.45) is 3.60. The number of aromatic hydroxyl groups is 1. The van der Waals surface area contributed by atoms with Gasteiger partial charge in [-0.3, -0.25) is 0 Å². The minimum absolute atomic E-state index is 0.220. The molecule has 6 heteroatoms. The van der Waals surface area contributed by atoms with Crippen molar-refractivity contribution in [2.24, 2.45) is 0 Å². The third-order valence-electron chi connectivity index (χ3n) is 5.04. The smallest absolute Gasteiger partial charge is 0.182 e. The van der Waals surface area contributed by atoms with Gasteiger partial charge in [0.1, 0.15) is 16.4 Å². The minimum Gasteiger partial charge on any atom is -0.508 e. The van der Waals surface area contributed by atoms with Crippen LogP contribution < -0.4 is 0 Å². The van der Waals surface area contributed by atoms with E-state index < -0.39 is 0 Å². The fourth-order valence-corrected chi connectivity index (χ4v) is 5.23. The van der Waals surface area contributed by atoms with Crippen LogP contribution in [0.5, 0.6) is 5.75 Å². The number of rotatable bonds is 1. The van der Waals surface area contributed by atoms with E-state index in [1.54, 1.807) is 12.1 Å². The number of hydrogen-bond acceptors (Lipinski definition) is 5. The first-order valence-corrected chi connectivity index (χ1v) is 9.41. The average Bonchev–Trinajstić information content (AvgIpc) is 3.17. The molecule has 0 radical (unpaired) electrons.